The summed E-state index contributed by atoms with van der Waals surface area (Å²) >= 11 is 1.52. The molecular formula is C19H20N6OS. The Labute approximate surface area is 161 Å². The van der Waals surface area contributed by atoms with Gasteiger partial charge in [-0.25, -0.2) is 9.50 Å². The van der Waals surface area contributed by atoms with Gasteiger partial charge in [0.1, 0.15) is 5.75 Å². The predicted octanol–water partition coefficient (Wildman–Crippen LogP) is 3.54. The highest BCUT2D eigenvalue weighted by Gasteiger charge is 2.10. The summed E-state index contributed by atoms with van der Waals surface area (Å²) in [6.07, 6.45) is 5.35. The molecule has 0 atom stereocenters. The van der Waals surface area contributed by atoms with Gasteiger partial charge in [-0.2, -0.15) is 0 Å². The lowest BCUT2D eigenvalue weighted by Crippen LogP contribution is -2.08. The van der Waals surface area contributed by atoms with E-state index in [4.69, 9.17) is 4.74 Å². The van der Waals surface area contributed by atoms with E-state index in [-0.39, 0.29) is 0 Å². The van der Waals surface area contributed by atoms with Gasteiger partial charge in [-0.3, -0.25) is 4.98 Å². The van der Waals surface area contributed by atoms with Crippen LogP contribution < -0.4 is 15.0 Å². The molecule has 0 spiro atoms. The Balaban J connectivity index is 1.47. The molecule has 3 heterocycles. The average molecular weight is 380 g/mol. The maximum absolute atomic E-state index is 5.22. The third-order valence-electron chi connectivity index (χ3n) is 4.18. The van der Waals surface area contributed by atoms with Crippen molar-refractivity contribution in [1.29, 1.82) is 0 Å². The standard InChI is InChI=1S/C19H20N6OS/c1-24(2)15-6-4-13(5-7-15)9-21-18-23-25-12-17(22-19(25)27-18)14-8-16(26-3)11-20-10-14/h4-8,10-12H,9H2,1-3H3,(H,21,23). The molecule has 3 aromatic heterocycles. The molecule has 1 N–H and O–H groups in total. The third-order valence-corrected chi connectivity index (χ3v) is 5.06. The summed E-state index contributed by atoms with van der Waals surface area (Å²) in [4.78, 5) is 11.7. The van der Waals surface area contributed by atoms with Gasteiger partial charge in [-0.05, 0) is 23.8 Å². The van der Waals surface area contributed by atoms with Gasteiger partial charge in [0, 0.05) is 38.1 Å². The molecule has 8 heteroatoms. The molecule has 27 heavy (non-hydrogen) atoms. The van der Waals surface area contributed by atoms with E-state index in [0.29, 0.717) is 5.75 Å². The van der Waals surface area contributed by atoms with Crippen LogP contribution in [0, 0.1) is 0 Å². The molecule has 0 saturated heterocycles. The first-order valence-corrected chi connectivity index (χ1v) is 9.30. The van der Waals surface area contributed by atoms with Crippen molar-refractivity contribution in [3.63, 3.8) is 0 Å². The van der Waals surface area contributed by atoms with Crippen molar-refractivity contribution < 1.29 is 4.74 Å². The fourth-order valence-electron chi connectivity index (χ4n) is 2.67. The predicted molar refractivity (Wildman–Crippen MR) is 109 cm³/mol. The van der Waals surface area contributed by atoms with Crippen LogP contribution in [0.15, 0.2) is 48.9 Å². The number of nitrogens with one attached hydrogen (secondary N) is 1. The Morgan fingerprint density at radius 3 is 2.70 bits per heavy atom. The third kappa shape index (κ3) is 3.70. The minimum atomic E-state index is 0.708. The maximum atomic E-state index is 5.22. The second kappa shape index (κ2) is 7.24. The molecule has 0 aliphatic heterocycles. The van der Waals surface area contributed by atoms with Crippen molar-refractivity contribution in [2.75, 3.05) is 31.4 Å². The first-order valence-electron chi connectivity index (χ1n) is 8.48. The maximum Gasteiger partial charge on any atom is 0.214 e. The van der Waals surface area contributed by atoms with E-state index in [1.807, 2.05) is 26.4 Å². The second-order valence-electron chi connectivity index (χ2n) is 6.29. The van der Waals surface area contributed by atoms with Crippen LogP contribution in [0.25, 0.3) is 16.2 Å². The van der Waals surface area contributed by atoms with Gasteiger partial charge < -0.3 is 15.0 Å². The van der Waals surface area contributed by atoms with Gasteiger partial charge in [0.2, 0.25) is 10.1 Å². The quantitative estimate of drug-likeness (QED) is 0.552. The van der Waals surface area contributed by atoms with Crippen LogP contribution >= 0.6 is 11.3 Å². The Morgan fingerprint density at radius 1 is 1.19 bits per heavy atom. The summed E-state index contributed by atoms with van der Waals surface area (Å²) in [5.74, 6) is 0.708. The highest BCUT2D eigenvalue weighted by atomic mass is 32.1. The van der Waals surface area contributed by atoms with Gasteiger partial charge in [-0.15, -0.1) is 5.10 Å². The molecular weight excluding hydrogens is 360 g/mol. The number of rotatable bonds is 6. The lowest BCUT2D eigenvalue weighted by molar-refractivity contribution is 0.413. The fraction of sp³-hybridized carbons (Fsp3) is 0.211. The minimum Gasteiger partial charge on any atom is -0.495 e. The van der Waals surface area contributed by atoms with E-state index in [2.05, 4.69) is 49.5 Å². The number of hydrogen-bond acceptors (Lipinski definition) is 7. The number of nitrogens with zero attached hydrogens (tertiary/aromatic N) is 5. The lowest BCUT2D eigenvalue weighted by atomic mass is 10.2. The van der Waals surface area contributed by atoms with Gasteiger partial charge in [0.05, 0.1) is 25.2 Å². The molecule has 0 aliphatic rings. The molecule has 0 saturated carbocycles. The van der Waals surface area contributed by atoms with Crippen molar-refractivity contribution in [1.82, 2.24) is 19.6 Å². The topological polar surface area (TPSA) is 67.6 Å². The summed E-state index contributed by atoms with van der Waals surface area (Å²) in [7, 11) is 5.70. The Hall–Kier alpha value is -3.13. The number of fused-ring (bicyclic) bond motifs is 1. The van der Waals surface area contributed by atoms with Crippen LogP contribution in [-0.2, 0) is 6.54 Å². The number of hydrogen-bond donors (Lipinski definition) is 1. The number of pyridine rings is 1. The molecule has 0 unspecified atom stereocenters. The van der Waals surface area contributed by atoms with E-state index in [1.165, 1.54) is 22.6 Å². The van der Waals surface area contributed by atoms with Crippen molar-refractivity contribution in [3.8, 4) is 17.0 Å². The summed E-state index contributed by atoms with van der Waals surface area (Å²) in [5, 5.41) is 8.76. The second-order valence-corrected chi connectivity index (χ2v) is 7.24. The molecule has 0 radical (unpaired) electrons. The molecule has 4 aromatic rings. The van der Waals surface area contributed by atoms with Gasteiger partial charge in [0.15, 0.2) is 0 Å². The number of benzene rings is 1. The average Bonchev–Trinajstić information content (AvgIpc) is 3.25. The minimum absolute atomic E-state index is 0.708. The normalized spacial score (nSPS) is 10.9. The van der Waals surface area contributed by atoms with Crippen molar-refractivity contribution in [2.24, 2.45) is 0 Å². The van der Waals surface area contributed by atoms with Crippen molar-refractivity contribution >= 4 is 27.1 Å². The van der Waals surface area contributed by atoms with E-state index in [0.717, 1.165) is 27.9 Å². The summed E-state index contributed by atoms with van der Waals surface area (Å²) in [5.41, 5.74) is 4.12. The van der Waals surface area contributed by atoms with E-state index >= 15 is 0 Å². The number of methoxy groups -OCH3 is 1. The largest absolute Gasteiger partial charge is 0.495 e. The summed E-state index contributed by atoms with van der Waals surface area (Å²) in [6.45, 7) is 0.719. The molecule has 0 fully saturated rings. The van der Waals surface area contributed by atoms with Crippen LogP contribution in [0.2, 0.25) is 0 Å². The van der Waals surface area contributed by atoms with Gasteiger partial charge in [0.25, 0.3) is 0 Å². The van der Waals surface area contributed by atoms with Crippen LogP contribution in [0.4, 0.5) is 10.8 Å². The van der Waals surface area contributed by atoms with E-state index < -0.39 is 0 Å². The summed E-state index contributed by atoms with van der Waals surface area (Å²) in [6, 6.07) is 10.4. The van der Waals surface area contributed by atoms with Crippen LogP contribution in [-0.4, -0.2) is 40.8 Å². The van der Waals surface area contributed by atoms with Gasteiger partial charge >= 0.3 is 0 Å². The molecule has 0 amide bonds. The van der Waals surface area contributed by atoms with E-state index in [1.54, 1.807) is 24.0 Å². The first-order chi connectivity index (χ1) is 13.1. The monoisotopic (exact) mass is 380 g/mol. The highest BCUT2D eigenvalue weighted by Crippen LogP contribution is 2.26. The van der Waals surface area contributed by atoms with Crippen molar-refractivity contribution in [2.45, 2.75) is 6.54 Å². The van der Waals surface area contributed by atoms with Gasteiger partial charge in [-0.1, -0.05) is 23.5 Å². The number of anilines is 2. The first kappa shape index (κ1) is 17.3. The van der Waals surface area contributed by atoms with Crippen LogP contribution in [0.3, 0.4) is 0 Å². The fourth-order valence-corrected chi connectivity index (χ4v) is 3.45. The van der Waals surface area contributed by atoms with E-state index in [9.17, 15) is 0 Å². The molecule has 0 bridgehead atoms. The SMILES string of the molecule is COc1cncc(-c2cn3nc(NCc4ccc(N(C)C)cc4)sc3n2)c1. The Bertz CT molecular complexity index is 1020. The molecule has 138 valence electrons. The number of ether oxygens (including phenoxy) is 1. The molecule has 1 aromatic carbocycles. The zero-order chi connectivity index (χ0) is 18.8. The molecule has 7 nitrogen and oxygen atoms in total. The molecule has 4 rings (SSSR count). The Kier molecular flexibility index (Phi) is 4.64. The molecule has 0 aliphatic carbocycles. The Morgan fingerprint density at radius 2 is 2.00 bits per heavy atom. The number of aromatic nitrogens is 4. The zero-order valence-electron chi connectivity index (χ0n) is 15.4. The highest BCUT2D eigenvalue weighted by molar-refractivity contribution is 7.20. The summed E-state index contributed by atoms with van der Waals surface area (Å²) < 4.78 is 7.01. The lowest BCUT2D eigenvalue weighted by Gasteiger charge is -2.12. The van der Waals surface area contributed by atoms with Crippen molar-refractivity contribution in [3.05, 3.63) is 54.5 Å². The van der Waals surface area contributed by atoms with Crippen LogP contribution in [0.1, 0.15) is 5.56 Å². The zero-order valence-corrected chi connectivity index (χ0v) is 16.2. The number of imidazole rings is 1. The smallest absolute Gasteiger partial charge is 0.214 e. The van der Waals surface area contributed by atoms with Crippen LogP contribution in [0.5, 0.6) is 5.75 Å².